The van der Waals surface area contributed by atoms with Gasteiger partial charge in [0.2, 0.25) is 5.91 Å². The smallest absolute Gasteiger partial charge is 0.308 e. The van der Waals surface area contributed by atoms with Gasteiger partial charge in [0.25, 0.3) is 5.91 Å². The summed E-state index contributed by atoms with van der Waals surface area (Å²) in [5.41, 5.74) is 7.26. The zero-order valence-electron chi connectivity index (χ0n) is 15.1. The number of nitrogens with two attached hydrogens (primary N) is 1. The third kappa shape index (κ3) is 6.47. The summed E-state index contributed by atoms with van der Waals surface area (Å²) in [6, 6.07) is 15.0. The van der Waals surface area contributed by atoms with Gasteiger partial charge in [0.15, 0.2) is 0 Å². The molecule has 0 spiro atoms. The van der Waals surface area contributed by atoms with Crippen LogP contribution in [0.1, 0.15) is 35.3 Å². The van der Waals surface area contributed by atoms with Gasteiger partial charge < -0.3 is 21.1 Å². The topological polar surface area (TPSA) is 111 Å². The first-order valence-corrected chi connectivity index (χ1v) is 8.63. The number of anilines is 1. The molecule has 0 fully saturated rings. The minimum atomic E-state index is -0.540. The second kappa shape index (κ2) is 9.96. The molecule has 2 aromatic rings. The van der Waals surface area contributed by atoms with Crippen molar-refractivity contribution in [1.29, 1.82) is 0 Å². The number of hydrogen-bond acceptors (Lipinski definition) is 5. The number of ether oxygens (including phenoxy) is 1. The van der Waals surface area contributed by atoms with E-state index in [1.807, 2.05) is 30.3 Å². The van der Waals surface area contributed by atoms with Crippen molar-refractivity contribution < 1.29 is 19.1 Å². The first-order valence-electron chi connectivity index (χ1n) is 8.63. The predicted octanol–water partition coefficient (Wildman–Crippen LogP) is 1.81. The Balaban J connectivity index is 1.96. The Hall–Kier alpha value is -3.35. The van der Waals surface area contributed by atoms with E-state index in [4.69, 9.17) is 10.5 Å². The maximum absolute atomic E-state index is 12.3. The van der Waals surface area contributed by atoms with Crippen LogP contribution in [0.25, 0.3) is 0 Å². The van der Waals surface area contributed by atoms with E-state index in [2.05, 4.69) is 10.6 Å². The number of carbonyl (C=O) groups is 3. The highest BCUT2D eigenvalue weighted by atomic mass is 16.5. The molecule has 2 amide bonds. The number of nitrogen functional groups attached to an aromatic ring is 1. The number of rotatable bonds is 8. The summed E-state index contributed by atoms with van der Waals surface area (Å²) in [5.74, 6) is -1.22. The molecule has 0 aliphatic carbocycles. The van der Waals surface area contributed by atoms with E-state index < -0.39 is 23.8 Å². The van der Waals surface area contributed by atoms with E-state index in [1.165, 1.54) is 6.07 Å². The lowest BCUT2D eigenvalue weighted by molar-refractivity contribution is -0.143. The van der Waals surface area contributed by atoms with Crippen molar-refractivity contribution in [3.63, 3.8) is 0 Å². The van der Waals surface area contributed by atoms with Crippen LogP contribution in [0.15, 0.2) is 54.6 Å². The first kappa shape index (κ1) is 20.0. The second-order valence-corrected chi connectivity index (χ2v) is 5.85. The maximum atomic E-state index is 12.3. The molecule has 27 heavy (non-hydrogen) atoms. The number of amides is 2. The molecule has 142 valence electrons. The molecule has 0 bridgehead atoms. The molecule has 1 atom stereocenters. The summed E-state index contributed by atoms with van der Waals surface area (Å²) in [5, 5.41) is 5.30. The molecule has 2 rings (SSSR count). The number of benzene rings is 2. The first-order chi connectivity index (χ1) is 13.0. The number of hydrogen-bond donors (Lipinski definition) is 3. The lowest BCUT2D eigenvalue weighted by Crippen LogP contribution is -2.39. The van der Waals surface area contributed by atoms with Crippen molar-refractivity contribution in [2.24, 2.45) is 0 Å². The highest BCUT2D eigenvalue weighted by Gasteiger charge is 2.19. The second-order valence-electron chi connectivity index (χ2n) is 5.85. The Bertz CT molecular complexity index is 793. The molecule has 1 unspecified atom stereocenters. The lowest BCUT2D eigenvalue weighted by Gasteiger charge is -2.18. The van der Waals surface area contributed by atoms with E-state index in [0.29, 0.717) is 11.3 Å². The van der Waals surface area contributed by atoms with Crippen molar-refractivity contribution in [3.05, 3.63) is 65.7 Å². The van der Waals surface area contributed by atoms with E-state index in [-0.39, 0.29) is 19.6 Å². The zero-order chi connectivity index (χ0) is 19.6. The molecule has 7 nitrogen and oxygen atoms in total. The van der Waals surface area contributed by atoms with Crippen LogP contribution in [-0.4, -0.2) is 30.9 Å². The molecule has 0 radical (unpaired) electrons. The SMILES string of the molecule is CCOC(=O)CC(NC(=O)CNC(=O)c1cccc(N)c1)c1ccccc1. The average Bonchev–Trinajstić information content (AvgIpc) is 2.66. The van der Waals surface area contributed by atoms with E-state index in [0.717, 1.165) is 5.56 Å². The standard InChI is InChI=1S/C20H23N3O4/c1-2-27-19(25)12-17(14-7-4-3-5-8-14)23-18(24)13-22-20(26)15-9-6-10-16(21)11-15/h3-11,17H,2,12-13,21H2,1H3,(H,22,26)(H,23,24). The third-order valence-corrected chi connectivity index (χ3v) is 3.77. The Morgan fingerprint density at radius 2 is 1.81 bits per heavy atom. The van der Waals surface area contributed by atoms with Crippen LogP contribution in [-0.2, 0) is 14.3 Å². The zero-order valence-corrected chi connectivity index (χ0v) is 15.1. The van der Waals surface area contributed by atoms with Crippen molar-refractivity contribution >= 4 is 23.5 Å². The molecule has 0 aliphatic heterocycles. The van der Waals surface area contributed by atoms with E-state index >= 15 is 0 Å². The van der Waals surface area contributed by atoms with Crippen molar-refractivity contribution in [2.75, 3.05) is 18.9 Å². The van der Waals surface area contributed by atoms with Crippen LogP contribution in [0.4, 0.5) is 5.69 Å². The van der Waals surface area contributed by atoms with Crippen LogP contribution < -0.4 is 16.4 Å². The quantitative estimate of drug-likeness (QED) is 0.485. The van der Waals surface area contributed by atoms with Gasteiger partial charge in [-0.3, -0.25) is 14.4 Å². The fraction of sp³-hybridized carbons (Fsp3) is 0.250. The molecular weight excluding hydrogens is 346 g/mol. The van der Waals surface area contributed by atoms with Gasteiger partial charge in [-0.25, -0.2) is 0 Å². The number of nitrogens with one attached hydrogen (secondary N) is 2. The highest BCUT2D eigenvalue weighted by Crippen LogP contribution is 2.17. The van der Waals surface area contributed by atoms with Crippen LogP contribution >= 0.6 is 0 Å². The van der Waals surface area contributed by atoms with Crippen molar-refractivity contribution in [2.45, 2.75) is 19.4 Å². The molecule has 4 N–H and O–H groups in total. The van der Waals surface area contributed by atoms with Crippen LogP contribution in [0.2, 0.25) is 0 Å². The average molecular weight is 369 g/mol. The molecule has 0 aromatic heterocycles. The largest absolute Gasteiger partial charge is 0.466 e. The summed E-state index contributed by atoms with van der Waals surface area (Å²) in [6.45, 7) is 1.77. The van der Waals surface area contributed by atoms with Crippen molar-refractivity contribution in [3.8, 4) is 0 Å². The minimum Gasteiger partial charge on any atom is -0.466 e. The monoisotopic (exact) mass is 369 g/mol. The van der Waals surface area contributed by atoms with E-state index in [1.54, 1.807) is 25.1 Å². The summed E-state index contributed by atoms with van der Waals surface area (Å²) in [4.78, 5) is 36.2. The minimum absolute atomic E-state index is 0.00670. The molecule has 0 saturated heterocycles. The van der Waals surface area contributed by atoms with Gasteiger partial charge in [-0.05, 0) is 30.7 Å². The maximum Gasteiger partial charge on any atom is 0.308 e. The van der Waals surface area contributed by atoms with Gasteiger partial charge in [0.05, 0.1) is 25.6 Å². The summed E-state index contributed by atoms with van der Waals surface area (Å²) in [7, 11) is 0. The van der Waals surface area contributed by atoms with Crippen LogP contribution in [0, 0.1) is 0 Å². The highest BCUT2D eigenvalue weighted by molar-refractivity contribution is 5.97. The van der Waals surface area contributed by atoms with Crippen LogP contribution in [0.3, 0.4) is 0 Å². The molecule has 0 saturated carbocycles. The summed E-state index contributed by atoms with van der Waals surface area (Å²) >= 11 is 0. The number of esters is 1. The Morgan fingerprint density at radius 3 is 2.48 bits per heavy atom. The Labute approximate surface area is 157 Å². The van der Waals surface area contributed by atoms with Gasteiger partial charge >= 0.3 is 5.97 Å². The van der Waals surface area contributed by atoms with Gasteiger partial charge in [0.1, 0.15) is 0 Å². The molecular formula is C20H23N3O4. The van der Waals surface area contributed by atoms with Gasteiger partial charge in [-0.2, -0.15) is 0 Å². The van der Waals surface area contributed by atoms with Crippen LogP contribution in [0.5, 0.6) is 0 Å². The molecule has 0 aliphatic rings. The lowest BCUT2D eigenvalue weighted by atomic mass is 10.0. The normalized spacial score (nSPS) is 11.3. The third-order valence-electron chi connectivity index (χ3n) is 3.77. The molecule has 2 aromatic carbocycles. The Morgan fingerprint density at radius 1 is 1.07 bits per heavy atom. The molecule has 7 heteroatoms. The summed E-state index contributed by atoms with van der Waals surface area (Å²) < 4.78 is 4.97. The van der Waals surface area contributed by atoms with Gasteiger partial charge in [-0.1, -0.05) is 36.4 Å². The fourth-order valence-corrected chi connectivity index (χ4v) is 2.51. The number of carbonyl (C=O) groups excluding carboxylic acids is 3. The van der Waals surface area contributed by atoms with Crippen molar-refractivity contribution in [1.82, 2.24) is 10.6 Å². The van der Waals surface area contributed by atoms with E-state index in [9.17, 15) is 14.4 Å². The Kier molecular flexibility index (Phi) is 7.37. The summed E-state index contributed by atoms with van der Waals surface area (Å²) in [6.07, 6.45) is 0.00670. The molecule has 0 heterocycles. The van der Waals surface area contributed by atoms with Gasteiger partial charge in [0, 0.05) is 11.3 Å². The fourth-order valence-electron chi connectivity index (χ4n) is 2.51. The van der Waals surface area contributed by atoms with Gasteiger partial charge in [-0.15, -0.1) is 0 Å². The predicted molar refractivity (Wildman–Crippen MR) is 102 cm³/mol.